The lowest BCUT2D eigenvalue weighted by Gasteiger charge is -2.10. The molecule has 0 N–H and O–H groups in total. The number of ether oxygens (including phenoxy) is 1. The van der Waals surface area contributed by atoms with Crippen LogP contribution in [-0.4, -0.2) is 32.7 Å². The topological polar surface area (TPSA) is 144 Å². The normalized spacial score (nSPS) is 13.3. The van der Waals surface area contributed by atoms with Crippen molar-refractivity contribution >= 4 is 21.2 Å². The van der Waals surface area contributed by atoms with Crippen LogP contribution in [0, 0.1) is 28.6 Å². The lowest BCUT2D eigenvalue weighted by atomic mass is 10.0. The van der Waals surface area contributed by atoms with E-state index < -0.39 is 15.7 Å². The molecule has 1 fully saturated rings. The van der Waals surface area contributed by atoms with Gasteiger partial charge < -0.3 is 4.74 Å². The zero-order valence-corrected chi connectivity index (χ0v) is 19.4. The van der Waals surface area contributed by atoms with Crippen LogP contribution in [0.3, 0.4) is 0 Å². The highest BCUT2D eigenvalue weighted by Gasteiger charge is 2.32. The van der Waals surface area contributed by atoms with Crippen LogP contribution >= 0.6 is 0 Å². The second kappa shape index (κ2) is 8.38. The SMILES string of the molecule is Cn1c(=O)n(S(=O)(=O)CC2CC2)c2ccc(-c3cc(Oc4ccnc(C#N)c4)ccc3C#N)nc21. The second-order valence-corrected chi connectivity index (χ2v) is 10.1. The summed E-state index contributed by atoms with van der Waals surface area (Å²) in [5.74, 6) is 0.805. The third-order valence-corrected chi connectivity index (χ3v) is 7.54. The van der Waals surface area contributed by atoms with Gasteiger partial charge in [-0.25, -0.2) is 23.2 Å². The summed E-state index contributed by atoms with van der Waals surface area (Å²) in [6.45, 7) is 0. The predicted octanol–water partition coefficient (Wildman–Crippen LogP) is 2.92. The Kier molecular flexibility index (Phi) is 5.35. The molecule has 35 heavy (non-hydrogen) atoms. The van der Waals surface area contributed by atoms with E-state index in [1.54, 1.807) is 30.3 Å². The molecule has 1 aromatic carbocycles. The molecule has 3 heterocycles. The van der Waals surface area contributed by atoms with Crippen LogP contribution in [0.15, 0.2) is 53.5 Å². The van der Waals surface area contributed by atoms with Gasteiger partial charge in [-0.1, -0.05) is 0 Å². The number of hydrogen-bond acceptors (Lipinski definition) is 8. The molecule has 0 bridgehead atoms. The minimum atomic E-state index is -3.83. The molecule has 1 aliphatic rings. The highest BCUT2D eigenvalue weighted by molar-refractivity contribution is 7.90. The molecule has 11 heteroatoms. The van der Waals surface area contributed by atoms with Gasteiger partial charge in [0.25, 0.3) is 0 Å². The maximum absolute atomic E-state index is 12.9. The monoisotopic (exact) mass is 486 g/mol. The van der Waals surface area contributed by atoms with Gasteiger partial charge in [0, 0.05) is 24.9 Å². The van der Waals surface area contributed by atoms with Crippen LogP contribution < -0.4 is 10.4 Å². The smallest absolute Gasteiger partial charge is 0.344 e. The fourth-order valence-corrected chi connectivity index (χ4v) is 5.70. The van der Waals surface area contributed by atoms with E-state index in [2.05, 4.69) is 16.0 Å². The highest BCUT2D eigenvalue weighted by Crippen LogP contribution is 2.32. The zero-order chi connectivity index (χ0) is 24.7. The van der Waals surface area contributed by atoms with E-state index in [9.17, 15) is 18.5 Å². The first-order valence-corrected chi connectivity index (χ1v) is 12.3. The maximum atomic E-state index is 12.9. The van der Waals surface area contributed by atoms with E-state index in [-0.39, 0.29) is 28.5 Å². The summed E-state index contributed by atoms with van der Waals surface area (Å²) < 4.78 is 33.6. The largest absolute Gasteiger partial charge is 0.457 e. The number of pyridine rings is 2. The number of nitriles is 2. The molecule has 0 saturated heterocycles. The summed E-state index contributed by atoms with van der Waals surface area (Å²) in [5.41, 5.74) is 1.03. The quantitative estimate of drug-likeness (QED) is 0.405. The van der Waals surface area contributed by atoms with Gasteiger partial charge in [0.1, 0.15) is 28.8 Å². The van der Waals surface area contributed by atoms with Crippen molar-refractivity contribution in [3.8, 4) is 34.9 Å². The van der Waals surface area contributed by atoms with Crippen LogP contribution in [0.5, 0.6) is 11.5 Å². The molecular formula is C24H18N6O4S. The molecule has 1 saturated carbocycles. The molecule has 174 valence electrons. The standard InChI is InChI=1S/C24H18N6O4S/c1-29-23-22(30(24(29)31)35(32,33)14-15-2-3-15)7-6-21(28-23)20-11-18(5-4-16(20)12-25)34-19-8-9-27-17(10-19)13-26/h4-11,15H,2-3,14H2,1H3. The third kappa shape index (κ3) is 4.14. The Balaban J connectivity index is 1.59. The number of imidazole rings is 1. The van der Waals surface area contributed by atoms with Crippen molar-refractivity contribution in [3.63, 3.8) is 0 Å². The summed E-state index contributed by atoms with van der Waals surface area (Å²) in [4.78, 5) is 21.3. The van der Waals surface area contributed by atoms with Crippen molar-refractivity contribution in [2.75, 3.05) is 5.75 Å². The van der Waals surface area contributed by atoms with Crippen molar-refractivity contribution in [3.05, 3.63) is 70.4 Å². The number of nitrogens with zero attached hydrogens (tertiary/aromatic N) is 6. The predicted molar refractivity (Wildman–Crippen MR) is 126 cm³/mol. The number of fused-ring (bicyclic) bond motifs is 1. The van der Waals surface area contributed by atoms with Crippen molar-refractivity contribution < 1.29 is 13.2 Å². The Labute approximate surface area is 200 Å². The third-order valence-electron chi connectivity index (χ3n) is 5.74. The minimum absolute atomic E-state index is 0.0751. The second-order valence-electron chi connectivity index (χ2n) is 8.28. The Morgan fingerprint density at radius 1 is 1.09 bits per heavy atom. The van der Waals surface area contributed by atoms with Crippen LogP contribution in [0.25, 0.3) is 22.4 Å². The van der Waals surface area contributed by atoms with E-state index in [0.29, 0.717) is 28.3 Å². The van der Waals surface area contributed by atoms with Crippen molar-refractivity contribution in [2.24, 2.45) is 13.0 Å². The Bertz CT molecular complexity index is 1740. The van der Waals surface area contributed by atoms with Crippen LogP contribution in [0.4, 0.5) is 0 Å². The molecule has 0 spiro atoms. The van der Waals surface area contributed by atoms with E-state index in [0.717, 1.165) is 16.8 Å². The summed E-state index contributed by atoms with van der Waals surface area (Å²) in [7, 11) is -2.36. The first kappa shape index (κ1) is 22.3. The lowest BCUT2D eigenvalue weighted by molar-refractivity contribution is 0.482. The van der Waals surface area contributed by atoms with Gasteiger partial charge in [-0.15, -0.1) is 0 Å². The van der Waals surface area contributed by atoms with Gasteiger partial charge >= 0.3 is 5.69 Å². The molecule has 3 aromatic heterocycles. The van der Waals surface area contributed by atoms with Gasteiger partial charge in [0.05, 0.1) is 23.1 Å². The molecule has 0 radical (unpaired) electrons. The van der Waals surface area contributed by atoms with Crippen molar-refractivity contribution in [2.45, 2.75) is 12.8 Å². The molecule has 1 aliphatic carbocycles. The number of benzene rings is 1. The Hall–Kier alpha value is -4.48. The fraction of sp³-hybridized carbons (Fsp3) is 0.208. The maximum Gasteiger partial charge on any atom is 0.344 e. The number of aryl methyl sites for hydroxylation is 1. The summed E-state index contributed by atoms with van der Waals surface area (Å²) >= 11 is 0. The van der Waals surface area contributed by atoms with Gasteiger partial charge in [-0.05, 0) is 55.2 Å². The first-order valence-electron chi connectivity index (χ1n) is 10.7. The molecule has 0 unspecified atom stereocenters. The molecule has 4 aromatic rings. The summed E-state index contributed by atoms with van der Waals surface area (Å²) in [6, 6.07) is 15.1. The summed E-state index contributed by atoms with van der Waals surface area (Å²) in [5, 5.41) is 18.7. The summed E-state index contributed by atoms with van der Waals surface area (Å²) in [6.07, 6.45) is 3.14. The molecule has 0 amide bonds. The van der Waals surface area contributed by atoms with Gasteiger partial charge in [-0.3, -0.25) is 4.57 Å². The first-order chi connectivity index (χ1) is 16.8. The Morgan fingerprint density at radius 2 is 1.86 bits per heavy atom. The number of rotatable bonds is 6. The molecule has 10 nitrogen and oxygen atoms in total. The molecular weight excluding hydrogens is 468 g/mol. The Morgan fingerprint density at radius 3 is 2.57 bits per heavy atom. The van der Waals surface area contributed by atoms with Crippen LogP contribution in [0.2, 0.25) is 0 Å². The van der Waals surface area contributed by atoms with Gasteiger partial charge in [0.15, 0.2) is 5.65 Å². The fourth-order valence-electron chi connectivity index (χ4n) is 3.82. The van der Waals surface area contributed by atoms with Crippen molar-refractivity contribution in [1.29, 1.82) is 10.5 Å². The highest BCUT2D eigenvalue weighted by atomic mass is 32.2. The van der Waals surface area contributed by atoms with E-state index in [1.807, 2.05) is 6.07 Å². The van der Waals surface area contributed by atoms with Crippen LogP contribution in [0.1, 0.15) is 24.1 Å². The molecule has 0 atom stereocenters. The van der Waals surface area contributed by atoms with E-state index in [1.165, 1.54) is 29.9 Å². The number of aromatic nitrogens is 4. The average Bonchev–Trinajstić information content (AvgIpc) is 3.62. The van der Waals surface area contributed by atoms with E-state index >= 15 is 0 Å². The van der Waals surface area contributed by atoms with Crippen LogP contribution in [-0.2, 0) is 17.1 Å². The lowest BCUT2D eigenvalue weighted by Crippen LogP contribution is -2.30. The van der Waals surface area contributed by atoms with Crippen molar-refractivity contribution in [1.82, 2.24) is 18.5 Å². The van der Waals surface area contributed by atoms with E-state index in [4.69, 9.17) is 10.00 Å². The molecule has 0 aliphatic heterocycles. The molecule has 5 rings (SSSR count). The number of hydrogen-bond donors (Lipinski definition) is 0. The van der Waals surface area contributed by atoms with Gasteiger partial charge in [-0.2, -0.15) is 14.5 Å². The average molecular weight is 487 g/mol. The zero-order valence-electron chi connectivity index (χ0n) is 18.5. The van der Waals surface area contributed by atoms with Gasteiger partial charge in [0.2, 0.25) is 10.0 Å². The minimum Gasteiger partial charge on any atom is -0.457 e.